The van der Waals surface area contributed by atoms with E-state index in [1.807, 2.05) is 0 Å². The highest BCUT2D eigenvalue weighted by molar-refractivity contribution is 6.00. The molecule has 1 aromatic carbocycles. The first-order valence-corrected chi connectivity index (χ1v) is 5.93. The first kappa shape index (κ1) is 15.0. The summed E-state index contributed by atoms with van der Waals surface area (Å²) in [5.74, 6) is -1.55. The number of para-hydroxylation sites is 1. The number of amides is 1. The standard InChI is InChI=1S/C13H18N2O4/c1-19-8-4-7-11(13(17)18)15-12(16)9-5-2-3-6-10(9)14/h2-3,5-6,11H,4,7-8,14H2,1H3,(H,15,16)(H,17,18). The molecule has 1 atom stereocenters. The van der Waals surface area contributed by atoms with Gasteiger partial charge in [0.05, 0.1) is 5.56 Å². The molecule has 0 saturated carbocycles. The minimum Gasteiger partial charge on any atom is -0.480 e. The number of rotatable bonds is 7. The molecule has 1 rings (SSSR count). The third-order valence-electron chi connectivity index (χ3n) is 2.65. The molecule has 0 heterocycles. The number of carboxylic acid groups (broad SMARTS) is 1. The van der Waals surface area contributed by atoms with Crippen LogP contribution in [0.5, 0.6) is 0 Å². The predicted molar refractivity (Wildman–Crippen MR) is 70.9 cm³/mol. The van der Waals surface area contributed by atoms with Crippen LogP contribution in [0.3, 0.4) is 0 Å². The van der Waals surface area contributed by atoms with Crippen molar-refractivity contribution in [2.24, 2.45) is 0 Å². The Morgan fingerprint density at radius 2 is 2.11 bits per heavy atom. The van der Waals surface area contributed by atoms with Crippen molar-refractivity contribution < 1.29 is 19.4 Å². The average molecular weight is 266 g/mol. The van der Waals surface area contributed by atoms with E-state index >= 15 is 0 Å². The molecule has 1 unspecified atom stereocenters. The summed E-state index contributed by atoms with van der Waals surface area (Å²) in [4.78, 5) is 23.0. The molecule has 0 spiro atoms. The van der Waals surface area contributed by atoms with E-state index in [1.54, 1.807) is 31.4 Å². The number of aliphatic carboxylic acids is 1. The first-order chi connectivity index (χ1) is 9.06. The summed E-state index contributed by atoms with van der Waals surface area (Å²) >= 11 is 0. The number of nitrogens with one attached hydrogen (secondary N) is 1. The molecule has 6 nitrogen and oxygen atoms in total. The molecule has 0 bridgehead atoms. The lowest BCUT2D eigenvalue weighted by atomic mass is 10.1. The lowest BCUT2D eigenvalue weighted by Gasteiger charge is -2.15. The molecule has 0 radical (unpaired) electrons. The second kappa shape index (κ2) is 7.38. The normalized spacial score (nSPS) is 11.8. The number of benzene rings is 1. The second-order valence-corrected chi connectivity index (χ2v) is 4.09. The third-order valence-corrected chi connectivity index (χ3v) is 2.65. The number of carbonyl (C=O) groups excluding carboxylic acids is 1. The van der Waals surface area contributed by atoms with Crippen LogP contribution in [-0.2, 0) is 9.53 Å². The summed E-state index contributed by atoms with van der Waals surface area (Å²) in [7, 11) is 1.54. The van der Waals surface area contributed by atoms with E-state index in [9.17, 15) is 9.59 Å². The quantitative estimate of drug-likeness (QED) is 0.502. The van der Waals surface area contributed by atoms with Crippen molar-refractivity contribution in [3.63, 3.8) is 0 Å². The molecule has 1 amide bonds. The van der Waals surface area contributed by atoms with Gasteiger partial charge >= 0.3 is 5.97 Å². The van der Waals surface area contributed by atoms with Gasteiger partial charge in [-0.2, -0.15) is 0 Å². The van der Waals surface area contributed by atoms with Crippen LogP contribution in [0.25, 0.3) is 0 Å². The van der Waals surface area contributed by atoms with Crippen molar-refractivity contribution in [2.75, 3.05) is 19.5 Å². The van der Waals surface area contributed by atoms with Crippen LogP contribution in [0.4, 0.5) is 5.69 Å². The summed E-state index contributed by atoms with van der Waals surface area (Å²) in [6, 6.07) is 5.59. The lowest BCUT2D eigenvalue weighted by Crippen LogP contribution is -2.41. The molecular formula is C13H18N2O4. The zero-order valence-electron chi connectivity index (χ0n) is 10.8. The fourth-order valence-electron chi connectivity index (χ4n) is 1.63. The van der Waals surface area contributed by atoms with Crippen LogP contribution < -0.4 is 11.1 Å². The highest BCUT2D eigenvalue weighted by Gasteiger charge is 2.20. The van der Waals surface area contributed by atoms with E-state index in [2.05, 4.69) is 5.32 Å². The SMILES string of the molecule is COCCCC(NC(=O)c1ccccc1N)C(=O)O. The van der Waals surface area contributed by atoms with E-state index in [0.717, 1.165) is 0 Å². The average Bonchev–Trinajstić information content (AvgIpc) is 2.38. The zero-order chi connectivity index (χ0) is 14.3. The van der Waals surface area contributed by atoms with Gasteiger partial charge in [0.2, 0.25) is 0 Å². The van der Waals surface area contributed by atoms with Crippen molar-refractivity contribution in [2.45, 2.75) is 18.9 Å². The van der Waals surface area contributed by atoms with Crippen molar-refractivity contribution in [3.05, 3.63) is 29.8 Å². The highest BCUT2D eigenvalue weighted by Crippen LogP contribution is 2.11. The number of nitrogen functional groups attached to an aromatic ring is 1. The second-order valence-electron chi connectivity index (χ2n) is 4.09. The van der Waals surface area contributed by atoms with E-state index in [-0.39, 0.29) is 5.56 Å². The van der Waals surface area contributed by atoms with Crippen LogP contribution in [0.2, 0.25) is 0 Å². The fourth-order valence-corrected chi connectivity index (χ4v) is 1.63. The van der Waals surface area contributed by atoms with Crippen LogP contribution in [0, 0.1) is 0 Å². The van der Waals surface area contributed by atoms with E-state index in [1.165, 1.54) is 0 Å². The minimum absolute atomic E-state index is 0.278. The van der Waals surface area contributed by atoms with E-state index in [0.29, 0.717) is 25.1 Å². The zero-order valence-corrected chi connectivity index (χ0v) is 10.8. The minimum atomic E-state index is -1.07. The maximum Gasteiger partial charge on any atom is 0.326 e. The molecule has 1 aromatic rings. The van der Waals surface area contributed by atoms with Crippen molar-refractivity contribution >= 4 is 17.6 Å². The number of hydrogen-bond donors (Lipinski definition) is 3. The number of carboxylic acids is 1. The van der Waals surface area contributed by atoms with Gasteiger partial charge in [0.1, 0.15) is 6.04 Å². The van der Waals surface area contributed by atoms with Crippen LogP contribution in [-0.4, -0.2) is 36.7 Å². The summed E-state index contributed by atoms with van der Waals surface area (Å²) in [5.41, 5.74) is 6.27. The van der Waals surface area contributed by atoms with Crippen molar-refractivity contribution in [3.8, 4) is 0 Å². The fraction of sp³-hybridized carbons (Fsp3) is 0.385. The molecule has 104 valence electrons. The number of methoxy groups -OCH3 is 1. The Morgan fingerprint density at radius 3 is 2.68 bits per heavy atom. The monoisotopic (exact) mass is 266 g/mol. The highest BCUT2D eigenvalue weighted by atomic mass is 16.5. The molecule has 0 aliphatic rings. The maximum atomic E-state index is 11.9. The van der Waals surface area contributed by atoms with Gasteiger partial charge in [0.25, 0.3) is 5.91 Å². The summed E-state index contributed by atoms with van der Waals surface area (Å²) < 4.78 is 4.86. The van der Waals surface area contributed by atoms with Gasteiger partial charge in [0.15, 0.2) is 0 Å². The molecule has 0 aliphatic carbocycles. The van der Waals surface area contributed by atoms with E-state index in [4.69, 9.17) is 15.6 Å². The number of carbonyl (C=O) groups is 2. The molecule has 0 aliphatic heterocycles. The van der Waals surface area contributed by atoms with Crippen LogP contribution in [0.1, 0.15) is 23.2 Å². The Labute approximate surface area is 111 Å². The Morgan fingerprint density at radius 1 is 1.42 bits per heavy atom. The molecule has 6 heteroatoms. The number of hydrogen-bond acceptors (Lipinski definition) is 4. The molecular weight excluding hydrogens is 248 g/mol. The van der Waals surface area contributed by atoms with Gasteiger partial charge in [-0.1, -0.05) is 12.1 Å². The number of ether oxygens (including phenoxy) is 1. The van der Waals surface area contributed by atoms with Gasteiger partial charge < -0.3 is 20.9 Å². The summed E-state index contributed by atoms with van der Waals surface area (Å²) in [5, 5.41) is 11.5. The van der Waals surface area contributed by atoms with Gasteiger partial charge in [0, 0.05) is 19.4 Å². The van der Waals surface area contributed by atoms with Gasteiger partial charge in [-0.3, -0.25) is 4.79 Å². The number of nitrogens with two attached hydrogens (primary N) is 1. The predicted octanol–water partition coefficient (Wildman–Crippen LogP) is 0.878. The van der Waals surface area contributed by atoms with Crippen molar-refractivity contribution in [1.29, 1.82) is 0 Å². The summed E-state index contributed by atoms with van der Waals surface area (Å²) in [6.45, 7) is 0.452. The Bertz CT molecular complexity index is 448. The summed E-state index contributed by atoms with van der Waals surface area (Å²) in [6.07, 6.45) is 0.861. The Kier molecular flexibility index (Phi) is 5.81. The lowest BCUT2D eigenvalue weighted by molar-refractivity contribution is -0.139. The molecule has 0 fully saturated rings. The molecule has 0 aromatic heterocycles. The van der Waals surface area contributed by atoms with Crippen LogP contribution in [0.15, 0.2) is 24.3 Å². The van der Waals surface area contributed by atoms with Crippen LogP contribution >= 0.6 is 0 Å². The van der Waals surface area contributed by atoms with Gasteiger partial charge in [-0.25, -0.2) is 4.79 Å². The molecule has 19 heavy (non-hydrogen) atoms. The van der Waals surface area contributed by atoms with Gasteiger partial charge in [-0.15, -0.1) is 0 Å². The first-order valence-electron chi connectivity index (χ1n) is 5.93. The van der Waals surface area contributed by atoms with Gasteiger partial charge in [-0.05, 0) is 25.0 Å². The molecule has 0 saturated heterocycles. The maximum absolute atomic E-state index is 11.9. The third kappa shape index (κ3) is 4.59. The smallest absolute Gasteiger partial charge is 0.326 e. The van der Waals surface area contributed by atoms with Crippen molar-refractivity contribution in [1.82, 2.24) is 5.32 Å². The Balaban J connectivity index is 2.66. The Hall–Kier alpha value is -2.08. The topological polar surface area (TPSA) is 102 Å². The number of anilines is 1. The largest absolute Gasteiger partial charge is 0.480 e. The molecule has 4 N–H and O–H groups in total. The van der Waals surface area contributed by atoms with E-state index < -0.39 is 17.9 Å².